The number of hydrogen-bond acceptors (Lipinski definition) is 4. The lowest BCUT2D eigenvalue weighted by atomic mass is 9.92. The number of aromatic nitrogens is 2. The van der Waals surface area contributed by atoms with E-state index in [1.54, 1.807) is 0 Å². The largest absolute Gasteiger partial charge is 0.363 e. The Labute approximate surface area is 104 Å². The van der Waals surface area contributed by atoms with Crippen molar-refractivity contribution < 1.29 is 0 Å². The predicted octanol–water partition coefficient (Wildman–Crippen LogP) is 2.02. The first-order valence-electron chi connectivity index (χ1n) is 6.31. The molecule has 0 aliphatic carbocycles. The predicted molar refractivity (Wildman–Crippen MR) is 71.5 cm³/mol. The molecule has 94 valence electrons. The van der Waals surface area contributed by atoms with Gasteiger partial charge in [0.2, 0.25) is 5.95 Å². The van der Waals surface area contributed by atoms with Gasteiger partial charge in [0, 0.05) is 33.4 Å². The topological polar surface area (TPSA) is 32.3 Å². The molecule has 1 aromatic rings. The van der Waals surface area contributed by atoms with E-state index in [4.69, 9.17) is 0 Å². The smallest absolute Gasteiger partial charge is 0.227 e. The zero-order valence-corrected chi connectivity index (χ0v) is 11.2. The molecule has 0 amide bonds. The molecule has 0 spiro atoms. The van der Waals surface area contributed by atoms with Gasteiger partial charge in [0.1, 0.15) is 5.82 Å². The summed E-state index contributed by atoms with van der Waals surface area (Å²) in [5.41, 5.74) is 0. The van der Waals surface area contributed by atoms with Crippen LogP contribution in [0.5, 0.6) is 0 Å². The summed E-state index contributed by atoms with van der Waals surface area (Å²) in [5, 5.41) is 0. The van der Waals surface area contributed by atoms with E-state index in [0.717, 1.165) is 36.7 Å². The maximum Gasteiger partial charge on any atom is 0.227 e. The molecular formula is C13H22N4. The molecule has 0 radical (unpaired) electrons. The SMILES string of the molecule is CC1CC(C)CN(c2nccc(N(C)C)n2)C1. The number of piperidine rings is 1. The van der Waals surface area contributed by atoms with E-state index in [2.05, 4.69) is 28.7 Å². The highest BCUT2D eigenvalue weighted by atomic mass is 15.3. The van der Waals surface area contributed by atoms with Crippen molar-refractivity contribution in [2.75, 3.05) is 37.0 Å². The monoisotopic (exact) mass is 234 g/mol. The van der Waals surface area contributed by atoms with Crippen molar-refractivity contribution in [1.29, 1.82) is 0 Å². The maximum absolute atomic E-state index is 4.61. The molecule has 1 aromatic heterocycles. The molecule has 0 aromatic carbocycles. The zero-order valence-electron chi connectivity index (χ0n) is 11.2. The second-order valence-electron chi connectivity index (χ2n) is 5.46. The molecule has 0 bridgehead atoms. The van der Waals surface area contributed by atoms with Gasteiger partial charge in [-0.05, 0) is 24.3 Å². The van der Waals surface area contributed by atoms with E-state index in [-0.39, 0.29) is 0 Å². The summed E-state index contributed by atoms with van der Waals surface area (Å²) in [5.74, 6) is 3.30. The Hall–Kier alpha value is -1.32. The van der Waals surface area contributed by atoms with Gasteiger partial charge in [-0.1, -0.05) is 13.8 Å². The van der Waals surface area contributed by atoms with Crippen LogP contribution in [0, 0.1) is 11.8 Å². The fourth-order valence-electron chi connectivity index (χ4n) is 2.57. The van der Waals surface area contributed by atoms with Crippen LogP contribution in [0.15, 0.2) is 12.3 Å². The molecule has 1 saturated heterocycles. The maximum atomic E-state index is 4.61. The van der Waals surface area contributed by atoms with Crippen LogP contribution in [0.1, 0.15) is 20.3 Å². The summed E-state index contributed by atoms with van der Waals surface area (Å²) < 4.78 is 0. The molecule has 4 heteroatoms. The Bertz CT molecular complexity index is 367. The van der Waals surface area contributed by atoms with E-state index >= 15 is 0 Å². The van der Waals surface area contributed by atoms with Gasteiger partial charge in [0.05, 0.1) is 0 Å². The standard InChI is InChI=1S/C13H22N4/c1-10-7-11(2)9-17(8-10)13-14-6-5-12(15-13)16(3)4/h5-6,10-11H,7-9H2,1-4H3. The lowest BCUT2D eigenvalue weighted by Crippen LogP contribution is -2.39. The number of anilines is 2. The van der Waals surface area contributed by atoms with E-state index in [1.807, 2.05) is 31.3 Å². The van der Waals surface area contributed by atoms with Crippen molar-refractivity contribution in [3.8, 4) is 0 Å². The minimum Gasteiger partial charge on any atom is -0.363 e. The van der Waals surface area contributed by atoms with Crippen LogP contribution in [0.25, 0.3) is 0 Å². The first kappa shape index (κ1) is 12.1. The van der Waals surface area contributed by atoms with E-state index in [0.29, 0.717) is 0 Å². The van der Waals surface area contributed by atoms with Crippen LogP contribution in [-0.4, -0.2) is 37.2 Å². The number of hydrogen-bond donors (Lipinski definition) is 0. The highest BCUT2D eigenvalue weighted by Gasteiger charge is 2.23. The first-order valence-corrected chi connectivity index (χ1v) is 6.31. The van der Waals surface area contributed by atoms with Gasteiger partial charge in [-0.25, -0.2) is 4.98 Å². The quantitative estimate of drug-likeness (QED) is 0.783. The Kier molecular flexibility index (Phi) is 3.50. The van der Waals surface area contributed by atoms with Gasteiger partial charge >= 0.3 is 0 Å². The molecule has 17 heavy (non-hydrogen) atoms. The van der Waals surface area contributed by atoms with Gasteiger partial charge in [0.25, 0.3) is 0 Å². The zero-order chi connectivity index (χ0) is 12.4. The van der Waals surface area contributed by atoms with Crippen LogP contribution in [-0.2, 0) is 0 Å². The van der Waals surface area contributed by atoms with Crippen molar-refractivity contribution in [2.24, 2.45) is 11.8 Å². The van der Waals surface area contributed by atoms with Crippen LogP contribution >= 0.6 is 0 Å². The second-order valence-corrected chi connectivity index (χ2v) is 5.46. The highest BCUT2D eigenvalue weighted by molar-refractivity contribution is 5.42. The van der Waals surface area contributed by atoms with Crippen molar-refractivity contribution in [3.63, 3.8) is 0 Å². The van der Waals surface area contributed by atoms with E-state index in [9.17, 15) is 0 Å². The van der Waals surface area contributed by atoms with Crippen molar-refractivity contribution in [1.82, 2.24) is 9.97 Å². The summed E-state index contributed by atoms with van der Waals surface area (Å²) >= 11 is 0. The molecule has 1 aliphatic rings. The van der Waals surface area contributed by atoms with E-state index < -0.39 is 0 Å². The van der Waals surface area contributed by atoms with Crippen LogP contribution < -0.4 is 9.80 Å². The molecule has 1 aliphatic heterocycles. The minimum atomic E-state index is 0.727. The summed E-state index contributed by atoms with van der Waals surface area (Å²) in [6, 6.07) is 1.94. The van der Waals surface area contributed by atoms with Crippen LogP contribution in [0.3, 0.4) is 0 Å². The normalized spacial score (nSPS) is 24.8. The lowest BCUT2D eigenvalue weighted by Gasteiger charge is -2.35. The third-order valence-corrected chi connectivity index (χ3v) is 3.24. The van der Waals surface area contributed by atoms with Crippen molar-refractivity contribution >= 4 is 11.8 Å². The highest BCUT2D eigenvalue weighted by Crippen LogP contribution is 2.24. The fourth-order valence-corrected chi connectivity index (χ4v) is 2.57. The average Bonchev–Trinajstić information content (AvgIpc) is 2.28. The second kappa shape index (κ2) is 4.90. The Morgan fingerprint density at radius 1 is 1.24 bits per heavy atom. The fraction of sp³-hybridized carbons (Fsp3) is 0.692. The van der Waals surface area contributed by atoms with Gasteiger partial charge in [0.15, 0.2) is 0 Å². The lowest BCUT2D eigenvalue weighted by molar-refractivity contribution is 0.353. The number of nitrogens with zero attached hydrogens (tertiary/aromatic N) is 4. The van der Waals surface area contributed by atoms with Gasteiger partial charge in [-0.3, -0.25) is 0 Å². The van der Waals surface area contributed by atoms with Crippen molar-refractivity contribution in [2.45, 2.75) is 20.3 Å². The summed E-state index contributed by atoms with van der Waals surface area (Å²) in [6.45, 7) is 6.75. The van der Waals surface area contributed by atoms with Crippen molar-refractivity contribution in [3.05, 3.63) is 12.3 Å². The first-order chi connectivity index (χ1) is 8.06. The van der Waals surface area contributed by atoms with E-state index in [1.165, 1.54) is 6.42 Å². The third kappa shape index (κ3) is 2.87. The molecule has 0 N–H and O–H groups in total. The third-order valence-electron chi connectivity index (χ3n) is 3.24. The summed E-state index contributed by atoms with van der Waals surface area (Å²) in [7, 11) is 4.02. The molecule has 2 heterocycles. The summed E-state index contributed by atoms with van der Waals surface area (Å²) in [6.07, 6.45) is 3.16. The summed E-state index contributed by atoms with van der Waals surface area (Å²) in [4.78, 5) is 13.3. The van der Waals surface area contributed by atoms with Crippen LogP contribution in [0.4, 0.5) is 11.8 Å². The molecule has 2 atom stereocenters. The molecule has 2 unspecified atom stereocenters. The average molecular weight is 234 g/mol. The molecule has 2 rings (SSSR count). The van der Waals surface area contributed by atoms with Gasteiger partial charge in [-0.2, -0.15) is 4.98 Å². The molecular weight excluding hydrogens is 212 g/mol. The molecule has 0 saturated carbocycles. The Morgan fingerprint density at radius 3 is 2.47 bits per heavy atom. The Morgan fingerprint density at radius 2 is 1.88 bits per heavy atom. The van der Waals surface area contributed by atoms with Crippen LogP contribution in [0.2, 0.25) is 0 Å². The molecule has 4 nitrogen and oxygen atoms in total. The van der Waals surface area contributed by atoms with Gasteiger partial charge < -0.3 is 9.80 Å². The number of rotatable bonds is 2. The molecule has 1 fully saturated rings. The Balaban J connectivity index is 2.18. The van der Waals surface area contributed by atoms with Gasteiger partial charge in [-0.15, -0.1) is 0 Å². The minimum absolute atomic E-state index is 0.727.